The molecule has 0 spiro atoms. The second-order valence-corrected chi connectivity index (χ2v) is 8.45. The lowest BCUT2D eigenvalue weighted by Crippen LogP contribution is -2.47. The fraction of sp³-hybridized carbons (Fsp3) is 0.250. The molecule has 2 atom stereocenters. The summed E-state index contributed by atoms with van der Waals surface area (Å²) in [6.45, 7) is 2.49. The highest BCUT2D eigenvalue weighted by atomic mass is 35.5. The van der Waals surface area contributed by atoms with Crippen LogP contribution in [0.5, 0.6) is 11.5 Å². The van der Waals surface area contributed by atoms with Crippen LogP contribution in [0.3, 0.4) is 0 Å². The maximum atomic E-state index is 14.2. The summed E-state index contributed by atoms with van der Waals surface area (Å²) >= 11 is 6.25. The third kappa shape index (κ3) is 4.89. The Kier molecular flexibility index (Phi) is 7.01. The summed E-state index contributed by atoms with van der Waals surface area (Å²) in [5.74, 6) is -4.11. The molecule has 0 saturated heterocycles. The summed E-state index contributed by atoms with van der Waals surface area (Å²) in [6, 6.07) is 7.76. The molecule has 186 valence electrons. The van der Waals surface area contributed by atoms with Gasteiger partial charge in [0.2, 0.25) is 0 Å². The predicted molar refractivity (Wildman–Crippen MR) is 120 cm³/mol. The number of aliphatic hydroxyl groups is 1. The number of ether oxygens (including phenoxy) is 1. The number of nitrogens with zero attached hydrogens (tertiary/aromatic N) is 1. The molecule has 0 radical (unpaired) electrons. The van der Waals surface area contributed by atoms with E-state index in [1.54, 1.807) is 0 Å². The summed E-state index contributed by atoms with van der Waals surface area (Å²) in [7, 11) is 1.28. The lowest BCUT2D eigenvalue weighted by molar-refractivity contribution is -0.274. The minimum Gasteiger partial charge on any atom is -0.478 e. The van der Waals surface area contributed by atoms with Crippen molar-refractivity contribution in [2.24, 2.45) is 7.05 Å². The van der Waals surface area contributed by atoms with E-state index >= 15 is 0 Å². The van der Waals surface area contributed by atoms with Crippen LogP contribution in [0.1, 0.15) is 39.9 Å². The van der Waals surface area contributed by atoms with Crippen molar-refractivity contribution in [2.75, 3.05) is 0 Å². The zero-order valence-corrected chi connectivity index (χ0v) is 19.4. The van der Waals surface area contributed by atoms with Gasteiger partial charge in [-0.15, -0.1) is 0 Å². The second kappa shape index (κ2) is 9.35. The van der Waals surface area contributed by atoms with Gasteiger partial charge in [0.1, 0.15) is 17.3 Å². The van der Waals surface area contributed by atoms with Crippen molar-refractivity contribution in [3.8, 4) is 11.5 Å². The molecule has 11 heteroatoms. The molecule has 0 aliphatic rings. The smallest absolute Gasteiger partial charge is 0.422 e. The molecule has 0 aliphatic heterocycles. The fourth-order valence-electron chi connectivity index (χ4n) is 3.76. The second-order valence-electron chi connectivity index (χ2n) is 8.05. The molecule has 0 fully saturated rings. The Labute approximate surface area is 202 Å². The summed E-state index contributed by atoms with van der Waals surface area (Å²) in [6.07, 6.45) is -4.20. The van der Waals surface area contributed by atoms with Gasteiger partial charge in [-0.2, -0.15) is 13.2 Å². The number of benzene rings is 2. The van der Waals surface area contributed by atoms with Crippen molar-refractivity contribution < 1.29 is 37.3 Å². The Morgan fingerprint density at radius 3 is 2.23 bits per heavy atom. The SMILES string of the molecule is Cc1cc([C@@](O)([C@@H](C)c2ccc(Oc3ccc(C(=O)O)c(F)c3)cc2Cl)C(F)(F)F)cn(C)c1=O. The number of aromatic nitrogens is 1. The summed E-state index contributed by atoms with van der Waals surface area (Å²) in [5, 5.41) is 19.7. The summed E-state index contributed by atoms with van der Waals surface area (Å²) in [4.78, 5) is 22.9. The number of hydrogen-bond acceptors (Lipinski definition) is 4. The third-order valence-corrected chi connectivity index (χ3v) is 6.03. The van der Waals surface area contributed by atoms with Gasteiger partial charge in [-0.05, 0) is 42.8 Å². The van der Waals surface area contributed by atoms with Crippen LogP contribution in [0.25, 0.3) is 0 Å². The topological polar surface area (TPSA) is 88.8 Å². The first kappa shape index (κ1) is 26.2. The third-order valence-electron chi connectivity index (χ3n) is 5.71. The van der Waals surface area contributed by atoms with E-state index in [1.165, 1.54) is 38.2 Å². The number of aryl methyl sites for hydroxylation is 2. The molecule has 0 amide bonds. The molecule has 3 rings (SSSR count). The number of pyridine rings is 1. The van der Waals surface area contributed by atoms with Gasteiger partial charge in [-0.25, -0.2) is 9.18 Å². The van der Waals surface area contributed by atoms with E-state index in [-0.39, 0.29) is 27.6 Å². The Morgan fingerprint density at radius 2 is 1.71 bits per heavy atom. The standard InChI is InChI=1S/C24H20ClF4NO5/c1-12-8-14(11-30(3)21(12)31)23(34,24(27,28)29)13(2)17-6-4-15(9-19(17)25)35-16-5-7-18(22(32)33)20(26)10-16/h4-11,13,34H,1-3H3,(H,32,33)/t13-,23-/m0/s1. The lowest BCUT2D eigenvalue weighted by Gasteiger charge is -2.37. The van der Waals surface area contributed by atoms with Crippen LogP contribution in [0.15, 0.2) is 53.5 Å². The number of rotatable bonds is 6. The number of halogens is 5. The average molecular weight is 514 g/mol. The molecule has 0 bridgehead atoms. The Bertz CT molecular complexity index is 1330. The summed E-state index contributed by atoms with van der Waals surface area (Å²) < 4.78 is 63.0. The first-order valence-electron chi connectivity index (χ1n) is 10.1. The molecule has 0 saturated carbocycles. The van der Waals surface area contributed by atoms with E-state index < -0.39 is 46.2 Å². The van der Waals surface area contributed by atoms with E-state index in [2.05, 4.69) is 0 Å². The van der Waals surface area contributed by atoms with Crippen molar-refractivity contribution >= 4 is 17.6 Å². The monoisotopic (exact) mass is 513 g/mol. The zero-order chi connectivity index (χ0) is 26.3. The number of alkyl halides is 3. The molecule has 0 unspecified atom stereocenters. The van der Waals surface area contributed by atoms with E-state index in [0.29, 0.717) is 0 Å². The minimum absolute atomic E-state index is 0.0240. The molecule has 1 heterocycles. The highest BCUT2D eigenvalue weighted by Gasteiger charge is 2.59. The van der Waals surface area contributed by atoms with Crippen molar-refractivity contribution in [2.45, 2.75) is 31.5 Å². The van der Waals surface area contributed by atoms with Gasteiger partial charge in [-0.3, -0.25) is 4.79 Å². The van der Waals surface area contributed by atoms with E-state index in [9.17, 15) is 32.3 Å². The van der Waals surface area contributed by atoms with Crippen LogP contribution in [0.2, 0.25) is 5.02 Å². The molecule has 2 aromatic carbocycles. The van der Waals surface area contributed by atoms with Gasteiger partial charge in [0, 0.05) is 41.4 Å². The average Bonchev–Trinajstić information content (AvgIpc) is 2.75. The Morgan fingerprint density at radius 1 is 1.11 bits per heavy atom. The Balaban J connectivity index is 2.00. The first-order valence-corrected chi connectivity index (χ1v) is 10.5. The van der Waals surface area contributed by atoms with Crippen LogP contribution in [-0.4, -0.2) is 26.9 Å². The molecule has 6 nitrogen and oxygen atoms in total. The molecule has 0 aliphatic carbocycles. The fourth-order valence-corrected chi connectivity index (χ4v) is 4.10. The van der Waals surface area contributed by atoms with Gasteiger partial charge in [0.25, 0.3) is 5.56 Å². The van der Waals surface area contributed by atoms with Crippen molar-refractivity contribution in [1.29, 1.82) is 0 Å². The highest BCUT2D eigenvalue weighted by Crippen LogP contribution is 2.50. The van der Waals surface area contributed by atoms with Gasteiger partial charge in [0.05, 0.1) is 5.56 Å². The zero-order valence-electron chi connectivity index (χ0n) is 18.7. The molecule has 2 N–H and O–H groups in total. The van der Waals surface area contributed by atoms with Crippen LogP contribution in [-0.2, 0) is 12.6 Å². The van der Waals surface area contributed by atoms with Crippen molar-refractivity contribution in [3.05, 3.63) is 92.1 Å². The normalized spacial score (nSPS) is 14.3. The number of aromatic carboxylic acids is 1. The van der Waals surface area contributed by atoms with E-state index in [4.69, 9.17) is 21.4 Å². The molecule has 1 aromatic heterocycles. The highest BCUT2D eigenvalue weighted by molar-refractivity contribution is 6.31. The predicted octanol–water partition coefficient (Wildman–Crippen LogP) is 5.53. The summed E-state index contributed by atoms with van der Waals surface area (Å²) in [5.41, 5.74) is -5.00. The van der Waals surface area contributed by atoms with E-state index in [0.717, 1.165) is 35.9 Å². The number of carboxylic acid groups (broad SMARTS) is 1. The largest absolute Gasteiger partial charge is 0.478 e. The lowest BCUT2D eigenvalue weighted by atomic mass is 9.78. The first-order chi connectivity index (χ1) is 16.2. The van der Waals surface area contributed by atoms with Crippen molar-refractivity contribution in [3.63, 3.8) is 0 Å². The molecular formula is C24H20ClF4NO5. The Hall–Kier alpha value is -3.37. The number of hydrogen-bond donors (Lipinski definition) is 2. The minimum atomic E-state index is -5.13. The number of carboxylic acids is 1. The van der Waals surface area contributed by atoms with Crippen LogP contribution < -0.4 is 10.3 Å². The van der Waals surface area contributed by atoms with Crippen LogP contribution >= 0.6 is 11.6 Å². The van der Waals surface area contributed by atoms with Crippen LogP contribution in [0, 0.1) is 12.7 Å². The quantitative estimate of drug-likeness (QED) is 0.423. The van der Waals surface area contributed by atoms with Gasteiger partial charge in [-0.1, -0.05) is 24.6 Å². The number of carbonyl (C=O) groups is 1. The molecule has 3 aromatic rings. The maximum absolute atomic E-state index is 14.2. The van der Waals surface area contributed by atoms with E-state index in [1.807, 2.05) is 0 Å². The van der Waals surface area contributed by atoms with Gasteiger partial charge in [0.15, 0.2) is 5.60 Å². The van der Waals surface area contributed by atoms with Crippen LogP contribution in [0.4, 0.5) is 17.6 Å². The molecule has 35 heavy (non-hydrogen) atoms. The maximum Gasteiger partial charge on any atom is 0.422 e. The van der Waals surface area contributed by atoms with Crippen molar-refractivity contribution in [1.82, 2.24) is 4.57 Å². The van der Waals surface area contributed by atoms with Gasteiger partial charge >= 0.3 is 12.1 Å². The molecular weight excluding hydrogens is 494 g/mol. The van der Waals surface area contributed by atoms with Gasteiger partial charge < -0.3 is 19.5 Å².